The molecule has 0 saturated heterocycles. The highest BCUT2D eigenvalue weighted by molar-refractivity contribution is 6.33. The van der Waals surface area contributed by atoms with E-state index < -0.39 is 16.9 Å². The van der Waals surface area contributed by atoms with Crippen molar-refractivity contribution in [2.75, 3.05) is 0 Å². The van der Waals surface area contributed by atoms with Crippen molar-refractivity contribution in [3.05, 3.63) is 56.4 Å². The average molecular weight is 350 g/mol. The molecule has 0 aliphatic heterocycles. The van der Waals surface area contributed by atoms with Crippen LogP contribution in [0.4, 0.5) is 5.69 Å². The van der Waals surface area contributed by atoms with Crippen LogP contribution in [0.15, 0.2) is 29.4 Å². The van der Waals surface area contributed by atoms with Gasteiger partial charge in [0.15, 0.2) is 0 Å². The molecule has 0 unspecified atom stereocenters. The minimum Gasteiger partial charge on any atom is -0.271 e. The number of benzene rings is 1. The summed E-state index contributed by atoms with van der Waals surface area (Å²) in [7, 11) is 0. The van der Waals surface area contributed by atoms with Crippen molar-refractivity contribution in [1.29, 1.82) is 0 Å². The van der Waals surface area contributed by atoms with Crippen molar-refractivity contribution < 1.29 is 9.72 Å². The van der Waals surface area contributed by atoms with E-state index in [0.29, 0.717) is 16.3 Å². The van der Waals surface area contributed by atoms with Crippen LogP contribution in [0, 0.1) is 24.0 Å². The molecule has 0 aliphatic rings. The summed E-state index contributed by atoms with van der Waals surface area (Å²) in [6, 6.07) is 6.30. The maximum Gasteiger partial charge on any atom is 0.312 e. The molecule has 1 atom stereocenters. The number of nitrogens with one attached hydrogen (secondary N) is 1. The van der Waals surface area contributed by atoms with Crippen LogP contribution >= 0.6 is 11.6 Å². The Morgan fingerprint density at radius 3 is 2.71 bits per heavy atom. The molecule has 0 bridgehead atoms. The number of carbonyl (C=O) groups is 1. The van der Waals surface area contributed by atoms with Gasteiger partial charge in [0.05, 0.1) is 11.1 Å². The van der Waals surface area contributed by atoms with Crippen molar-refractivity contribution in [3.63, 3.8) is 0 Å². The second-order valence-corrected chi connectivity index (χ2v) is 5.56. The molecule has 0 radical (unpaired) electrons. The normalized spacial score (nSPS) is 12.3. The van der Waals surface area contributed by atoms with Gasteiger partial charge in [-0.1, -0.05) is 29.8 Å². The summed E-state index contributed by atoms with van der Waals surface area (Å²) in [6.45, 7) is 4.67. The molecule has 1 aromatic heterocycles. The van der Waals surface area contributed by atoms with Crippen LogP contribution in [-0.4, -0.2) is 26.8 Å². The monoisotopic (exact) mass is 349 g/mol. The maximum atomic E-state index is 12.2. The van der Waals surface area contributed by atoms with E-state index in [2.05, 4.69) is 15.6 Å². The topological polar surface area (TPSA) is 102 Å². The van der Waals surface area contributed by atoms with Gasteiger partial charge in [-0.2, -0.15) is 10.2 Å². The first-order valence-corrected chi connectivity index (χ1v) is 7.48. The van der Waals surface area contributed by atoms with Crippen LogP contribution in [0.3, 0.4) is 0 Å². The Kier molecular flexibility index (Phi) is 5.30. The van der Waals surface area contributed by atoms with Crippen molar-refractivity contribution in [3.8, 4) is 0 Å². The maximum absolute atomic E-state index is 12.2. The van der Waals surface area contributed by atoms with Gasteiger partial charge in [0.2, 0.25) is 0 Å². The van der Waals surface area contributed by atoms with E-state index >= 15 is 0 Å². The number of nitrogens with zero attached hydrogens (tertiary/aromatic N) is 4. The molecular weight excluding hydrogens is 334 g/mol. The molecule has 1 amide bonds. The van der Waals surface area contributed by atoms with Crippen molar-refractivity contribution in [2.24, 2.45) is 5.10 Å². The van der Waals surface area contributed by atoms with Crippen LogP contribution in [0.5, 0.6) is 0 Å². The second kappa shape index (κ2) is 7.22. The third kappa shape index (κ3) is 3.60. The lowest BCUT2D eigenvalue weighted by molar-refractivity contribution is -0.386. The summed E-state index contributed by atoms with van der Waals surface area (Å²) in [6.07, 6.45) is 1.43. The van der Waals surface area contributed by atoms with Gasteiger partial charge in [-0.05, 0) is 26.8 Å². The van der Waals surface area contributed by atoms with Gasteiger partial charge < -0.3 is 0 Å². The molecule has 2 aromatic rings. The van der Waals surface area contributed by atoms with E-state index in [0.717, 1.165) is 0 Å². The quantitative estimate of drug-likeness (QED) is 0.509. The van der Waals surface area contributed by atoms with E-state index in [1.165, 1.54) is 17.8 Å². The highest BCUT2D eigenvalue weighted by Crippen LogP contribution is 2.24. The fourth-order valence-electron chi connectivity index (χ4n) is 2.25. The Labute approximate surface area is 143 Å². The number of nitro groups is 1. The molecule has 9 heteroatoms. The Bertz CT molecular complexity index is 815. The fourth-order valence-corrected chi connectivity index (χ4v) is 2.43. The number of aromatic nitrogens is 2. The first kappa shape index (κ1) is 17.6. The molecule has 8 nitrogen and oxygen atoms in total. The SMILES string of the molecule is Cc1nn([C@@H](C)C(=O)N/N=C\c2ccccc2Cl)c(C)c1[N+](=O)[O-]. The zero-order chi connectivity index (χ0) is 17.9. The Balaban J connectivity index is 2.12. The third-order valence-electron chi connectivity index (χ3n) is 3.50. The van der Waals surface area contributed by atoms with Crippen molar-refractivity contribution >= 4 is 29.4 Å². The lowest BCUT2D eigenvalue weighted by atomic mass is 10.2. The van der Waals surface area contributed by atoms with Crippen LogP contribution in [0.2, 0.25) is 5.02 Å². The predicted molar refractivity (Wildman–Crippen MR) is 90.3 cm³/mol. The van der Waals surface area contributed by atoms with Gasteiger partial charge >= 0.3 is 5.69 Å². The number of rotatable bonds is 5. The molecule has 0 spiro atoms. The van der Waals surface area contributed by atoms with E-state index in [4.69, 9.17) is 11.6 Å². The number of halogens is 1. The first-order valence-electron chi connectivity index (χ1n) is 7.10. The zero-order valence-corrected chi connectivity index (χ0v) is 14.1. The molecule has 24 heavy (non-hydrogen) atoms. The number of hydrogen-bond acceptors (Lipinski definition) is 5. The predicted octanol–water partition coefficient (Wildman–Crippen LogP) is 2.77. The van der Waals surface area contributed by atoms with Crippen LogP contribution in [-0.2, 0) is 4.79 Å². The van der Waals surface area contributed by atoms with Gasteiger partial charge in [-0.15, -0.1) is 0 Å². The van der Waals surface area contributed by atoms with E-state index in [9.17, 15) is 14.9 Å². The minimum atomic E-state index is -0.749. The smallest absolute Gasteiger partial charge is 0.271 e. The summed E-state index contributed by atoms with van der Waals surface area (Å²) in [5.41, 5.74) is 3.53. The van der Waals surface area contributed by atoms with Crippen LogP contribution < -0.4 is 5.43 Å². The number of carbonyl (C=O) groups excluding carboxylic acids is 1. The number of amides is 1. The summed E-state index contributed by atoms with van der Waals surface area (Å²) in [4.78, 5) is 22.7. The number of hydrogen-bond donors (Lipinski definition) is 1. The van der Waals surface area contributed by atoms with Gasteiger partial charge in [0.1, 0.15) is 17.4 Å². The Morgan fingerprint density at radius 2 is 2.12 bits per heavy atom. The largest absolute Gasteiger partial charge is 0.312 e. The first-order chi connectivity index (χ1) is 11.3. The summed E-state index contributed by atoms with van der Waals surface area (Å²) >= 11 is 5.99. The standard InChI is InChI=1S/C15H16ClN5O3/c1-9-14(21(23)24)10(2)20(19-9)11(3)15(22)18-17-8-12-6-4-5-7-13(12)16/h4-8,11H,1-3H3,(H,18,22)/b17-8-/t11-/m0/s1. The van der Waals surface area contributed by atoms with E-state index in [1.54, 1.807) is 38.1 Å². The summed E-state index contributed by atoms with van der Waals surface area (Å²) < 4.78 is 1.31. The van der Waals surface area contributed by atoms with Gasteiger partial charge in [0, 0.05) is 10.6 Å². The Morgan fingerprint density at radius 1 is 1.46 bits per heavy atom. The molecule has 0 saturated carbocycles. The van der Waals surface area contributed by atoms with Crippen LogP contribution in [0.25, 0.3) is 0 Å². The average Bonchev–Trinajstić information content (AvgIpc) is 2.83. The van der Waals surface area contributed by atoms with Gasteiger partial charge in [0.25, 0.3) is 5.91 Å². The molecule has 0 aliphatic carbocycles. The van der Waals surface area contributed by atoms with Crippen molar-refractivity contribution in [1.82, 2.24) is 15.2 Å². The molecule has 2 rings (SSSR count). The summed E-state index contributed by atoms with van der Waals surface area (Å²) in [5.74, 6) is -0.446. The zero-order valence-electron chi connectivity index (χ0n) is 13.4. The van der Waals surface area contributed by atoms with Gasteiger partial charge in [-0.25, -0.2) is 5.43 Å². The highest BCUT2D eigenvalue weighted by atomic mass is 35.5. The molecule has 1 heterocycles. The van der Waals surface area contributed by atoms with Crippen LogP contribution in [0.1, 0.15) is 29.9 Å². The summed E-state index contributed by atoms with van der Waals surface area (Å²) in [5, 5.41) is 19.5. The molecular formula is C15H16ClN5O3. The highest BCUT2D eigenvalue weighted by Gasteiger charge is 2.26. The lowest BCUT2D eigenvalue weighted by Gasteiger charge is -2.11. The number of hydrazone groups is 1. The second-order valence-electron chi connectivity index (χ2n) is 5.15. The molecule has 0 fully saturated rings. The molecule has 126 valence electrons. The van der Waals surface area contributed by atoms with E-state index in [-0.39, 0.29) is 11.4 Å². The lowest BCUT2D eigenvalue weighted by Crippen LogP contribution is -2.28. The Hall–Kier alpha value is -2.74. The fraction of sp³-hybridized carbons (Fsp3) is 0.267. The van der Waals surface area contributed by atoms with Crippen molar-refractivity contribution in [2.45, 2.75) is 26.8 Å². The third-order valence-corrected chi connectivity index (χ3v) is 3.84. The van der Waals surface area contributed by atoms with E-state index in [1.807, 2.05) is 0 Å². The van der Waals surface area contributed by atoms with Gasteiger partial charge in [-0.3, -0.25) is 19.6 Å². The molecule has 1 aromatic carbocycles. The minimum absolute atomic E-state index is 0.0887. The number of aryl methyl sites for hydroxylation is 1. The molecule has 1 N–H and O–H groups in total.